The predicted octanol–water partition coefficient (Wildman–Crippen LogP) is 1.17. The van der Waals surface area contributed by atoms with E-state index in [-0.39, 0.29) is 31.1 Å². The van der Waals surface area contributed by atoms with E-state index in [9.17, 15) is 4.79 Å². The van der Waals surface area contributed by atoms with E-state index >= 15 is 0 Å². The molecule has 0 aromatic heterocycles. The highest BCUT2D eigenvalue weighted by Crippen LogP contribution is 2.14. The summed E-state index contributed by atoms with van der Waals surface area (Å²) in [4.78, 5) is 11.7. The maximum absolute atomic E-state index is 11.7. The Morgan fingerprint density at radius 1 is 1.47 bits per heavy atom. The number of nitrogens with one attached hydrogen (secondary N) is 1. The Hall–Kier alpha value is -1.75. The Bertz CT molecular complexity index is 407. The van der Waals surface area contributed by atoms with Gasteiger partial charge in [0.25, 0.3) is 5.91 Å². The molecule has 1 amide bonds. The minimum absolute atomic E-state index is 0.0399. The number of hydrogen-bond donors (Lipinski definition) is 3. The van der Waals surface area contributed by atoms with E-state index in [1.807, 2.05) is 13.8 Å². The number of carbonyl (C=O) groups is 1. The van der Waals surface area contributed by atoms with Crippen LogP contribution in [0.4, 0.5) is 5.69 Å². The largest absolute Gasteiger partial charge is 0.484 e. The van der Waals surface area contributed by atoms with Gasteiger partial charge >= 0.3 is 0 Å². The molecule has 19 heavy (non-hydrogen) atoms. The number of nitrogen functional groups attached to an aromatic ring is 1. The molecule has 0 fully saturated rings. The second-order valence-corrected chi connectivity index (χ2v) is 4.79. The third-order valence-corrected chi connectivity index (χ3v) is 2.82. The number of carbonyl (C=O) groups excluding carboxylic acids is 1. The maximum atomic E-state index is 11.7. The molecule has 0 bridgehead atoms. The lowest BCUT2D eigenvalue weighted by Crippen LogP contribution is -2.41. The number of rotatable bonds is 7. The SMILES string of the molecule is CC(C)C(CCO)NC(=O)COc1cccc(N)c1. The fourth-order valence-corrected chi connectivity index (χ4v) is 1.71. The average molecular weight is 266 g/mol. The summed E-state index contributed by atoms with van der Waals surface area (Å²) in [5.41, 5.74) is 6.21. The van der Waals surface area contributed by atoms with Gasteiger partial charge in [-0.05, 0) is 24.5 Å². The van der Waals surface area contributed by atoms with Crippen LogP contribution in [-0.2, 0) is 4.79 Å². The first-order valence-electron chi connectivity index (χ1n) is 6.41. The summed E-state index contributed by atoms with van der Waals surface area (Å²) in [7, 11) is 0. The van der Waals surface area contributed by atoms with Crippen LogP contribution in [0.2, 0.25) is 0 Å². The second-order valence-electron chi connectivity index (χ2n) is 4.79. The van der Waals surface area contributed by atoms with Crippen molar-refractivity contribution in [2.75, 3.05) is 18.9 Å². The Kier molecular flexibility index (Phi) is 6.15. The number of nitrogens with two attached hydrogens (primary N) is 1. The quantitative estimate of drug-likeness (QED) is 0.647. The summed E-state index contributed by atoms with van der Waals surface area (Å²) in [6.45, 7) is 4.00. The van der Waals surface area contributed by atoms with Crippen molar-refractivity contribution in [2.24, 2.45) is 5.92 Å². The average Bonchev–Trinajstić information content (AvgIpc) is 2.36. The molecule has 0 spiro atoms. The van der Waals surface area contributed by atoms with Crippen LogP contribution in [0, 0.1) is 5.92 Å². The van der Waals surface area contributed by atoms with Crippen LogP contribution < -0.4 is 15.8 Å². The fourth-order valence-electron chi connectivity index (χ4n) is 1.71. The van der Waals surface area contributed by atoms with Crippen molar-refractivity contribution < 1.29 is 14.6 Å². The molecule has 1 aromatic rings. The van der Waals surface area contributed by atoms with Gasteiger partial charge in [0.1, 0.15) is 5.75 Å². The highest BCUT2D eigenvalue weighted by Gasteiger charge is 2.15. The third-order valence-electron chi connectivity index (χ3n) is 2.82. The van der Waals surface area contributed by atoms with Crippen LogP contribution in [0.1, 0.15) is 20.3 Å². The van der Waals surface area contributed by atoms with Gasteiger partial charge < -0.3 is 20.9 Å². The standard InChI is InChI=1S/C14H22N2O3/c1-10(2)13(6-7-17)16-14(18)9-19-12-5-3-4-11(15)8-12/h3-5,8,10,13,17H,6-7,9,15H2,1-2H3,(H,16,18). The van der Waals surface area contributed by atoms with Gasteiger partial charge in [-0.1, -0.05) is 19.9 Å². The van der Waals surface area contributed by atoms with E-state index in [2.05, 4.69) is 5.32 Å². The molecule has 0 saturated heterocycles. The summed E-state index contributed by atoms with van der Waals surface area (Å²) in [6.07, 6.45) is 0.543. The van der Waals surface area contributed by atoms with Crippen LogP contribution in [0.15, 0.2) is 24.3 Å². The Morgan fingerprint density at radius 3 is 2.79 bits per heavy atom. The van der Waals surface area contributed by atoms with E-state index < -0.39 is 0 Å². The second kappa shape index (κ2) is 7.63. The molecule has 5 nitrogen and oxygen atoms in total. The molecule has 4 N–H and O–H groups in total. The number of anilines is 1. The fraction of sp³-hybridized carbons (Fsp3) is 0.500. The van der Waals surface area contributed by atoms with Gasteiger partial charge in [0.2, 0.25) is 0 Å². The normalized spacial score (nSPS) is 12.2. The summed E-state index contributed by atoms with van der Waals surface area (Å²) in [6, 6.07) is 6.90. The number of amides is 1. The molecule has 1 aromatic carbocycles. The summed E-state index contributed by atoms with van der Waals surface area (Å²) in [5, 5.41) is 11.8. The van der Waals surface area contributed by atoms with Crippen molar-refractivity contribution in [3.05, 3.63) is 24.3 Å². The molecular formula is C14H22N2O3. The first-order chi connectivity index (χ1) is 9.02. The van der Waals surface area contributed by atoms with Crippen molar-refractivity contribution in [2.45, 2.75) is 26.3 Å². The molecule has 0 aliphatic carbocycles. The van der Waals surface area contributed by atoms with Gasteiger partial charge in [-0.25, -0.2) is 0 Å². The monoisotopic (exact) mass is 266 g/mol. The zero-order chi connectivity index (χ0) is 14.3. The number of aliphatic hydroxyl groups excluding tert-OH is 1. The molecule has 1 atom stereocenters. The van der Waals surface area contributed by atoms with Gasteiger partial charge in [0.05, 0.1) is 0 Å². The van der Waals surface area contributed by atoms with Crippen LogP contribution in [0.25, 0.3) is 0 Å². The number of hydrogen-bond acceptors (Lipinski definition) is 4. The van der Waals surface area contributed by atoms with Gasteiger partial charge in [-0.3, -0.25) is 4.79 Å². The van der Waals surface area contributed by atoms with Crippen molar-refractivity contribution >= 4 is 11.6 Å². The van der Waals surface area contributed by atoms with Crippen molar-refractivity contribution in [1.29, 1.82) is 0 Å². The lowest BCUT2D eigenvalue weighted by Gasteiger charge is -2.21. The van der Waals surface area contributed by atoms with Gasteiger partial charge in [-0.2, -0.15) is 0 Å². The maximum Gasteiger partial charge on any atom is 0.258 e. The van der Waals surface area contributed by atoms with Crippen LogP contribution >= 0.6 is 0 Å². The van der Waals surface area contributed by atoms with E-state index in [0.717, 1.165) is 0 Å². The third kappa shape index (κ3) is 5.61. The van der Waals surface area contributed by atoms with Crippen molar-refractivity contribution in [1.82, 2.24) is 5.32 Å². The zero-order valence-electron chi connectivity index (χ0n) is 11.4. The molecule has 0 aliphatic heterocycles. The lowest BCUT2D eigenvalue weighted by molar-refractivity contribution is -0.124. The van der Waals surface area contributed by atoms with Crippen molar-refractivity contribution in [3.8, 4) is 5.75 Å². The smallest absolute Gasteiger partial charge is 0.258 e. The first kappa shape index (κ1) is 15.3. The van der Waals surface area contributed by atoms with E-state index in [0.29, 0.717) is 17.9 Å². The predicted molar refractivity (Wildman–Crippen MR) is 74.8 cm³/mol. The summed E-state index contributed by atoms with van der Waals surface area (Å²) < 4.78 is 5.35. The number of aliphatic hydroxyl groups is 1. The molecule has 0 radical (unpaired) electrons. The Labute approximate surface area is 113 Å². The molecule has 0 aliphatic rings. The highest BCUT2D eigenvalue weighted by atomic mass is 16.5. The number of benzene rings is 1. The summed E-state index contributed by atoms with van der Waals surface area (Å²) >= 11 is 0. The Morgan fingerprint density at radius 2 is 2.21 bits per heavy atom. The highest BCUT2D eigenvalue weighted by molar-refractivity contribution is 5.77. The minimum atomic E-state index is -0.199. The lowest BCUT2D eigenvalue weighted by atomic mass is 10.0. The van der Waals surface area contributed by atoms with Crippen LogP contribution in [-0.4, -0.2) is 30.3 Å². The Balaban J connectivity index is 2.42. The van der Waals surface area contributed by atoms with Gasteiger partial charge in [0, 0.05) is 24.4 Å². The topological polar surface area (TPSA) is 84.6 Å². The summed E-state index contributed by atoms with van der Waals surface area (Å²) in [5.74, 6) is 0.636. The molecular weight excluding hydrogens is 244 g/mol. The molecule has 0 heterocycles. The van der Waals surface area contributed by atoms with E-state index in [4.69, 9.17) is 15.6 Å². The van der Waals surface area contributed by atoms with E-state index in [1.165, 1.54) is 0 Å². The molecule has 1 unspecified atom stereocenters. The van der Waals surface area contributed by atoms with Gasteiger partial charge in [0.15, 0.2) is 6.61 Å². The molecule has 0 saturated carbocycles. The van der Waals surface area contributed by atoms with Gasteiger partial charge in [-0.15, -0.1) is 0 Å². The first-order valence-corrected chi connectivity index (χ1v) is 6.41. The van der Waals surface area contributed by atoms with Crippen molar-refractivity contribution in [3.63, 3.8) is 0 Å². The number of ether oxygens (including phenoxy) is 1. The van der Waals surface area contributed by atoms with Crippen LogP contribution in [0.5, 0.6) is 5.75 Å². The molecule has 5 heteroatoms. The molecule has 106 valence electrons. The zero-order valence-corrected chi connectivity index (χ0v) is 11.4. The molecule has 1 rings (SSSR count). The minimum Gasteiger partial charge on any atom is -0.484 e. The van der Waals surface area contributed by atoms with Crippen LogP contribution in [0.3, 0.4) is 0 Å². The van der Waals surface area contributed by atoms with E-state index in [1.54, 1.807) is 24.3 Å².